The van der Waals surface area contributed by atoms with E-state index in [-0.39, 0.29) is 11.2 Å². The van der Waals surface area contributed by atoms with E-state index >= 15 is 0 Å². The molecule has 0 radical (unpaired) electrons. The summed E-state index contributed by atoms with van der Waals surface area (Å²) in [5, 5.41) is 0. The summed E-state index contributed by atoms with van der Waals surface area (Å²) in [7, 11) is 4.00. The van der Waals surface area contributed by atoms with Gasteiger partial charge in [-0.15, -0.1) is 9.24 Å². The van der Waals surface area contributed by atoms with Crippen molar-refractivity contribution in [2.75, 3.05) is 6.16 Å². The van der Waals surface area contributed by atoms with Gasteiger partial charge in [-0.05, 0) is 6.16 Å². The largest absolute Gasteiger partial charge is 0.328 e. The Morgan fingerprint density at radius 3 is 2.42 bits per heavy atom. The summed E-state index contributed by atoms with van der Waals surface area (Å²) in [5.41, 5.74) is -0.679. The van der Waals surface area contributed by atoms with Crippen LogP contribution in [0.25, 0.3) is 0 Å². The van der Waals surface area contributed by atoms with Crippen molar-refractivity contribution in [3.8, 4) is 0 Å². The Hall–Kier alpha value is -0.890. The predicted molar refractivity (Wildman–Crippen MR) is 52.6 cm³/mol. The smallest absolute Gasteiger partial charge is 0.314 e. The SMILES string of the molecule is CCP.Cn1c(=O)cc[nH]c1=O. The van der Waals surface area contributed by atoms with E-state index in [0.717, 1.165) is 4.57 Å². The van der Waals surface area contributed by atoms with Crippen molar-refractivity contribution >= 4 is 9.24 Å². The summed E-state index contributed by atoms with van der Waals surface area (Å²) in [6.07, 6.45) is 2.49. The summed E-state index contributed by atoms with van der Waals surface area (Å²) < 4.78 is 1.00. The molecule has 0 saturated carbocycles. The molecule has 1 rings (SSSR count). The van der Waals surface area contributed by atoms with E-state index in [1.165, 1.54) is 25.5 Å². The van der Waals surface area contributed by atoms with Crippen molar-refractivity contribution in [1.82, 2.24) is 9.55 Å². The molecular weight excluding hydrogens is 175 g/mol. The fraction of sp³-hybridized carbons (Fsp3) is 0.429. The molecule has 1 aromatic rings. The number of hydrogen-bond acceptors (Lipinski definition) is 2. The van der Waals surface area contributed by atoms with Crippen LogP contribution in [-0.4, -0.2) is 15.7 Å². The Kier molecular flexibility index (Phi) is 5.30. The zero-order chi connectivity index (χ0) is 9.56. The third kappa shape index (κ3) is 3.49. The molecule has 0 aromatic carbocycles. The minimum absolute atomic E-state index is 0.293. The van der Waals surface area contributed by atoms with Crippen molar-refractivity contribution in [2.45, 2.75) is 6.92 Å². The second kappa shape index (κ2) is 5.72. The summed E-state index contributed by atoms with van der Waals surface area (Å²) >= 11 is 0. The van der Waals surface area contributed by atoms with Crippen LogP contribution in [0.3, 0.4) is 0 Å². The predicted octanol–water partition coefficient (Wildman–Crippen LogP) is -0.0450. The second-order valence-corrected chi connectivity index (χ2v) is 2.90. The van der Waals surface area contributed by atoms with E-state index in [2.05, 4.69) is 21.1 Å². The highest BCUT2D eigenvalue weighted by Crippen LogP contribution is 1.68. The van der Waals surface area contributed by atoms with E-state index in [0.29, 0.717) is 0 Å². The van der Waals surface area contributed by atoms with Crippen LogP contribution in [0.15, 0.2) is 21.9 Å². The van der Waals surface area contributed by atoms with Crippen LogP contribution in [0.1, 0.15) is 6.92 Å². The molecule has 0 amide bonds. The maximum Gasteiger partial charge on any atom is 0.328 e. The normalized spacial score (nSPS) is 8.58. The molecular formula is C7H13N2O2P. The van der Waals surface area contributed by atoms with Gasteiger partial charge >= 0.3 is 5.69 Å². The molecule has 1 heterocycles. The Bertz CT molecular complexity index is 300. The number of aromatic amines is 1. The molecule has 4 nitrogen and oxygen atoms in total. The standard InChI is InChI=1S/C5H6N2O2.C2H7P/c1-7-4(8)2-3-6-5(7)9;1-2-3/h2-3H,1H3,(H,6,9);2-3H2,1H3. The monoisotopic (exact) mass is 188 g/mol. The van der Waals surface area contributed by atoms with Crippen molar-refractivity contribution in [2.24, 2.45) is 7.05 Å². The Morgan fingerprint density at radius 1 is 1.58 bits per heavy atom. The van der Waals surface area contributed by atoms with Gasteiger partial charge in [-0.2, -0.15) is 0 Å². The first-order valence-corrected chi connectivity index (χ1v) is 4.40. The van der Waals surface area contributed by atoms with Crippen molar-refractivity contribution in [3.63, 3.8) is 0 Å². The van der Waals surface area contributed by atoms with Crippen LogP contribution < -0.4 is 11.2 Å². The number of aromatic nitrogens is 2. The number of H-pyrrole nitrogens is 1. The lowest BCUT2D eigenvalue weighted by atomic mass is 10.6. The maximum atomic E-state index is 10.6. The van der Waals surface area contributed by atoms with Gasteiger partial charge in [0.25, 0.3) is 5.56 Å². The van der Waals surface area contributed by atoms with E-state index in [1.807, 2.05) is 0 Å². The minimum atomic E-state index is -0.387. The lowest BCUT2D eigenvalue weighted by Crippen LogP contribution is -2.30. The first-order valence-electron chi connectivity index (χ1n) is 3.58. The summed E-state index contributed by atoms with van der Waals surface area (Å²) in [6, 6.07) is 1.29. The number of hydrogen-bond donors (Lipinski definition) is 1. The number of rotatable bonds is 0. The zero-order valence-corrected chi connectivity index (χ0v) is 8.36. The molecule has 68 valence electrons. The van der Waals surface area contributed by atoms with Crippen LogP contribution in [-0.2, 0) is 7.05 Å². The van der Waals surface area contributed by atoms with Crippen molar-refractivity contribution in [3.05, 3.63) is 33.1 Å². The van der Waals surface area contributed by atoms with E-state index < -0.39 is 0 Å². The average molecular weight is 188 g/mol. The fourth-order valence-corrected chi connectivity index (χ4v) is 0.493. The van der Waals surface area contributed by atoms with Crippen molar-refractivity contribution < 1.29 is 0 Å². The van der Waals surface area contributed by atoms with Crippen LogP contribution in [0, 0.1) is 0 Å². The third-order valence-corrected chi connectivity index (χ3v) is 1.07. The summed E-state index contributed by atoms with van der Waals surface area (Å²) in [6.45, 7) is 2.09. The van der Waals surface area contributed by atoms with Gasteiger partial charge in [-0.25, -0.2) is 4.79 Å². The molecule has 1 unspecified atom stereocenters. The lowest BCUT2D eigenvalue weighted by molar-refractivity contribution is 0.775. The average Bonchev–Trinajstić information content (AvgIpc) is 2.02. The maximum absolute atomic E-state index is 10.6. The van der Waals surface area contributed by atoms with Crippen LogP contribution >= 0.6 is 9.24 Å². The van der Waals surface area contributed by atoms with E-state index in [1.54, 1.807) is 0 Å². The molecule has 1 atom stereocenters. The van der Waals surface area contributed by atoms with Crippen molar-refractivity contribution in [1.29, 1.82) is 0 Å². The van der Waals surface area contributed by atoms with Crippen LogP contribution in [0.5, 0.6) is 0 Å². The number of nitrogens with zero attached hydrogens (tertiary/aromatic N) is 1. The molecule has 12 heavy (non-hydrogen) atoms. The molecule has 0 fully saturated rings. The van der Waals surface area contributed by atoms with Gasteiger partial charge in [0.2, 0.25) is 0 Å². The Morgan fingerprint density at radius 2 is 2.08 bits per heavy atom. The fourth-order valence-electron chi connectivity index (χ4n) is 0.493. The Balaban J connectivity index is 0.000000354. The quantitative estimate of drug-likeness (QED) is 0.580. The van der Waals surface area contributed by atoms with E-state index in [4.69, 9.17) is 0 Å². The molecule has 0 bridgehead atoms. The molecule has 0 spiro atoms. The summed E-state index contributed by atoms with van der Waals surface area (Å²) in [4.78, 5) is 23.5. The minimum Gasteiger partial charge on any atom is -0.314 e. The van der Waals surface area contributed by atoms with E-state index in [9.17, 15) is 9.59 Å². The van der Waals surface area contributed by atoms with Gasteiger partial charge in [0.15, 0.2) is 0 Å². The van der Waals surface area contributed by atoms with Gasteiger partial charge in [0, 0.05) is 19.3 Å². The number of nitrogens with one attached hydrogen (secondary N) is 1. The molecule has 0 aliphatic heterocycles. The molecule has 1 N–H and O–H groups in total. The first kappa shape index (κ1) is 11.1. The second-order valence-electron chi connectivity index (χ2n) is 2.09. The van der Waals surface area contributed by atoms with Gasteiger partial charge in [0.1, 0.15) is 0 Å². The molecule has 1 aromatic heterocycles. The molecule has 0 aliphatic rings. The Labute approximate surface area is 72.8 Å². The summed E-state index contributed by atoms with van der Waals surface area (Å²) in [5.74, 6) is 0. The molecule has 5 heteroatoms. The highest BCUT2D eigenvalue weighted by molar-refractivity contribution is 7.16. The topological polar surface area (TPSA) is 54.9 Å². The highest BCUT2D eigenvalue weighted by atomic mass is 31.0. The van der Waals surface area contributed by atoms with Crippen LogP contribution in [0.2, 0.25) is 0 Å². The first-order chi connectivity index (χ1) is 5.63. The highest BCUT2D eigenvalue weighted by Gasteiger charge is 1.88. The van der Waals surface area contributed by atoms with Gasteiger partial charge < -0.3 is 4.98 Å². The van der Waals surface area contributed by atoms with Gasteiger partial charge in [-0.1, -0.05) is 6.92 Å². The lowest BCUT2D eigenvalue weighted by Gasteiger charge is -1.88. The van der Waals surface area contributed by atoms with Gasteiger partial charge in [-0.3, -0.25) is 9.36 Å². The van der Waals surface area contributed by atoms with Crippen LogP contribution in [0.4, 0.5) is 0 Å². The third-order valence-electron chi connectivity index (χ3n) is 1.07. The molecule has 0 saturated heterocycles. The zero-order valence-electron chi connectivity index (χ0n) is 7.20. The molecule has 0 aliphatic carbocycles. The van der Waals surface area contributed by atoms with Gasteiger partial charge in [0.05, 0.1) is 0 Å².